The van der Waals surface area contributed by atoms with Crippen molar-refractivity contribution >= 4 is 32.7 Å². The fraction of sp³-hybridized carbons (Fsp3) is 0.0161. The predicted octanol–water partition coefficient (Wildman–Crippen LogP) is 16.6. The molecule has 0 aliphatic carbocycles. The largest absolute Gasteiger partial charge is 0.456 e. The number of furan rings is 1. The zero-order valence-corrected chi connectivity index (χ0v) is 36.2. The first kappa shape index (κ1) is 38.9. The third kappa shape index (κ3) is 7.02. The normalized spacial score (nSPS) is 11.4. The molecule has 0 aliphatic heterocycles. The van der Waals surface area contributed by atoms with Gasteiger partial charge in [-0.25, -0.2) is 15.0 Å². The van der Waals surface area contributed by atoms with Gasteiger partial charge in [-0.2, -0.15) is 0 Å². The van der Waals surface area contributed by atoms with Crippen molar-refractivity contribution in [1.82, 2.24) is 15.0 Å². The Labute approximate surface area is 383 Å². The zero-order valence-electron chi connectivity index (χ0n) is 36.2. The molecule has 0 unspecified atom stereocenters. The van der Waals surface area contributed by atoms with E-state index in [1.807, 2.05) is 24.3 Å². The summed E-state index contributed by atoms with van der Waals surface area (Å²) in [6.07, 6.45) is 0. The molecule has 0 N–H and O–H groups in total. The van der Waals surface area contributed by atoms with Crippen LogP contribution in [0.3, 0.4) is 0 Å². The van der Waals surface area contributed by atoms with Crippen molar-refractivity contribution in [2.24, 2.45) is 0 Å². The highest BCUT2D eigenvalue weighted by molar-refractivity contribution is 6.17. The first-order valence-electron chi connectivity index (χ1n) is 22.3. The molecule has 12 rings (SSSR count). The van der Waals surface area contributed by atoms with E-state index in [9.17, 15) is 0 Å². The molecule has 0 radical (unpaired) electrons. The van der Waals surface area contributed by atoms with Crippen molar-refractivity contribution in [1.29, 1.82) is 0 Å². The van der Waals surface area contributed by atoms with Gasteiger partial charge in [0.15, 0.2) is 17.5 Å². The molecule has 0 amide bonds. The third-order valence-electron chi connectivity index (χ3n) is 12.7. The molecule has 0 spiro atoms. The number of benzene rings is 10. The maximum atomic E-state index is 6.63. The van der Waals surface area contributed by atoms with Crippen molar-refractivity contribution in [2.75, 3.05) is 0 Å². The SMILES string of the molecule is Cc1c(-c2ccc3ccccc3c2)cccc1-c1ccccc1-c1nc(-c2cc(-c3ccccc3)cc(-c3ccccc3)c2)nc(-c2cccc3oc4cccc(-c5ccccc5)c4c23)n1. The summed E-state index contributed by atoms with van der Waals surface area (Å²) in [5, 5.41) is 4.43. The molecule has 310 valence electrons. The minimum atomic E-state index is 0.564. The van der Waals surface area contributed by atoms with Gasteiger partial charge in [-0.1, -0.05) is 194 Å². The van der Waals surface area contributed by atoms with Crippen LogP contribution in [0, 0.1) is 6.92 Å². The standard InChI is InChI=1S/C62H41N3O/c1-40-50(46-35-34-43-22-11-12-25-45(43)36-46)28-15-29-51(40)53-26-13-14-27-54(53)61-63-60(49-38-47(41-18-5-2-6-19-41)37-48(39-49)42-20-7-3-8-21-42)64-62(65-61)55-31-17-33-57-59(55)58-52(30-16-32-56(58)66-57)44-23-9-4-10-24-44/h2-39H,1H3. The van der Waals surface area contributed by atoms with E-state index >= 15 is 0 Å². The Morgan fingerprint density at radius 3 is 1.42 bits per heavy atom. The molecule has 0 bridgehead atoms. The van der Waals surface area contributed by atoms with Gasteiger partial charge >= 0.3 is 0 Å². The van der Waals surface area contributed by atoms with Crippen molar-refractivity contribution in [3.63, 3.8) is 0 Å². The van der Waals surface area contributed by atoms with E-state index in [0.29, 0.717) is 17.5 Å². The quantitative estimate of drug-likeness (QED) is 0.153. The van der Waals surface area contributed by atoms with Crippen molar-refractivity contribution in [3.05, 3.63) is 236 Å². The lowest BCUT2D eigenvalue weighted by atomic mass is 9.90. The topological polar surface area (TPSA) is 51.8 Å². The van der Waals surface area contributed by atoms with Crippen LogP contribution in [0.2, 0.25) is 0 Å². The van der Waals surface area contributed by atoms with Gasteiger partial charge in [0.2, 0.25) is 0 Å². The van der Waals surface area contributed by atoms with Crippen molar-refractivity contribution < 1.29 is 4.42 Å². The number of nitrogens with zero attached hydrogens (tertiary/aromatic N) is 3. The number of aromatic nitrogens is 3. The van der Waals surface area contributed by atoms with E-state index in [1.54, 1.807) is 0 Å². The maximum Gasteiger partial charge on any atom is 0.164 e. The summed E-state index contributed by atoms with van der Waals surface area (Å²) in [5.74, 6) is 1.73. The fourth-order valence-electron chi connectivity index (χ4n) is 9.52. The molecule has 12 aromatic rings. The molecule has 0 fully saturated rings. The molecule has 4 nitrogen and oxygen atoms in total. The van der Waals surface area contributed by atoms with Crippen molar-refractivity contribution in [3.8, 4) is 89.8 Å². The third-order valence-corrected chi connectivity index (χ3v) is 12.7. The van der Waals surface area contributed by atoms with Crippen LogP contribution in [0.1, 0.15) is 5.56 Å². The Kier molecular flexibility index (Phi) is 9.69. The van der Waals surface area contributed by atoms with Gasteiger partial charge in [-0.3, -0.25) is 0 Å². The Morgan fingerprint density at radius 1 is 0.273 bits per heavy atom. The Balaban J connectivity index is 1.11. The Hall–Kier alpha value is -8.73. The summed E-state index contributed by atoms with van der Waals surface area (Å²) < 4.78 is 6.63. The van der Waals surface area contributed by atoms with Crippen LogP contribution in [0.25, 0.3) is 123 Å². The summed E-state index contributed by atoms with van der Waals surface area (Å²) in [6.45, 7) is 2.22. The monoisotopic (exact) mass is 843 g/mol. The average molecular weight is 844 g/mol. The molecule has 0 saturated carbocycles. The van der Waals surface area contributed by atoms with Gasteiger partial charge < -0.3 is 4.42 Å². The average Bonchev–Trinajstić information content (AvgIpc) is 3.79. The molecule has 66 heavy (non-hydrogen) atoms. The van der Waals surface area contributed by atoms with Gasteiger partial charge in [0.25, 0.3) is 0 Å². The predicted molar refractivity (Wildman–Crippen MR) is 273 cm³/mol. The molecule has 2 heterocycles. The number of hydrogen-bond acceptors (Lipinski definition) is 4. The van der Waals surface area contributed by atoms with E-state index < -0.39 is 0 Å². The molecule has 2 aromatic heterocycles. The number of hydrogen-bond donors (Lipinski definition) is 0. The highest BCUT2D eigenvalue weighted by atomic mass is 16.3. The summed E-state index contributed by atoms with van der Waals surface area (Å²) in [6, 6.07) is 80.9. The summed E-state index contributed by atoms with van der Waals surface area (Å²) in [5.41, 5.74) is 16.5. The summed E-state index contributed by atoms with van der Waals surface area (Å²) >= 11 is 0. The number of fused-ring (bicyclic) bond motifs is 4. The minimum absolute atomic E-state index is 0.564. The lowest BCUT2D eigenvalue weighted by Crippen LogP contribution is -2.02. The summed E-state index contributed by atoms with van der Waals surface area (Å²) in [4.78, 5) is 16.4. The summed E-state index contributed by atoms with van der Waals surface area (Å²) in [7, 11) is 0. The zero-order chi connectivity index (χ0) is 44.0. The number of rotatable bonds is 8. The van der Waals surface area contributed by atoms with Crippen LogP contribution < -0.4 is 0 Å². The smallest absolute Gasteiger partial charge is 0.164 e. The van der Waals surface area contributed by atoms with Gasteiger partial charge in [-0.05, 0) is 115 Å². The van der Waals surface area contributed by atoms with Crippen molar-refractivity contribution in [2.45, 2.75) is 6.92 Å². The van der Waals surface area contributed by atoms with Crippen LogP contribution in [-0.2, 0) is 0 Å². The molecular formula is C62H41N3O. The van der Waals surface area contributed by atoms with Gasteiger partial charge in [0, 0.05) is 27.5 Å². The molecule has 4 heteroatoms. The molecular weight excluding hydrogens is 803 g/mol. The van der Waals surface area contributed by atoms with Crippen LogP contribution in [0.15, 0.2) is 235 Å². The first-order valence-corrected chi connectivity index (χ1v) is 22.3. The van der Waals surface area contributed by atoms with E-state index in [2.05, 4.69) is 213 Å². The van der Waals surface area contributed by atoms with Crippen LogP contribution >= 0.6 is 0 Å². The van der Waals surface area contributed by atoms with Crippen LogP contribution in [0.4, 0.5) is 0 Å². The van der Waals surface area contributed by atoms with E-state index in [-0.39, 0.29) is 0 Å². The second kappa shape index (κ2) is 16.4. The Bertz CT molecular complexity index is 3710. The van der Waals surface area contributed by atoms with Gasteiger partial charge in [0.05, 0.1) is 0 Å². The molecule has 0 atom stereocenters. The van der Waals surface area contributed by atoms with Crippen LogP contribution in [-0.4, -0.2) is 15.0 Å². The maximum absolute atomic E-state index is 6.63. The highest BCUT2D eigenvalue weighted by Crippen LogP contribution is 2.43. The van der Waals surface area contributed by atoms with E-state index in [1.165, 1.54) is 27.5 Å². The highest BCUT2D eigenvalue weighted by Gasteiger charge is 2.22. The fourth-order valence-corrected chi connectivity index (χ4v) is 9.52. The molecule has 0 saturated heterocycles. The lowest BCUT2D eigenvalue weighted by Gasteiger charge is -2.17. The van der Waals surface area contributed by atoms with Crippen LogP contribution in [0.5, 0.6) is 0 Å². The Morgan fingerprint density at radius 2 is 0.742 bits per heavy atom. The van der Waals surface area contributed by atoms with Gasteiger partial charge in [-0.15, -0.1) is 0 Å². The second-order valence-electron chi connectivity index (χ2n) is 16.7. The van der Waals surface area contributed by atoms with E-state index in [0.717, 1.165) is 83.1 Å². The molecule has 0 aliphatic rings. The second-order valence-corrected chi connectivity index (χ2v) is 16.7. The van der Waals surface area contributed by atoms with E-state index in [4.69, 9.17) is 19.4 Å². The lowest BCUT2D eigenvalue weighted by molar-refractivity contribution is 0.669. The minimum Gasteiger partial charge on any atom is -0.456 e. The first-order chi connectivity index (χ1) is 32.6. The van der Waals surface area contributed by atoms with Gasteiger partial charge in [0.1, 0.15) is 11.2 Å². The molecule has 10 aromatic carbocycles.